The van der Waals surface area contributed by atoms with Crippen molar-refractivity contribution in [2.45, 2.75) is 149 Å². The number of nitrogens with zero attached hydrogens (tertiary/aromatic N) is 1. The fourth-order valence-corrected chi connectivity index (χ4v) is 5.58. The number of carbonyl (C=O) groups is 3. The summed E-state index contributed by atoms with van der Waals surface area (Å²) in [5.41, 5.74) is -3.17. The molecule has 38 heavy (non-hydrogen) atoms. The summed E-state index contributed by atoms with van der Waals surface area (Å²) in [7, 11) is -0.335. The summed E-state index contributed by atoms with van der Waals surface area (Å²) in [6, 6.07) is 0. The Balaban J connectivity index is 2.33. The Kier molecular flexibility index (Phi) is 9.69. The number of nitrogens with one attached hydrogen (secondary N) is 2. The van der Waals surface area contributed by atoms with Crippen molar-refractivity contribution in [3.05, 3.63) is 0 Å². The van der Waals surface area contributed by atoms with E-state index < -0.39 is 40.0 Å². The normalized spacial score (nSPS) is 26.7. The number of hydrogen-bond donors (Lipinski definition) is 2. The van der Waals surface area contributed by atoms with Gasteiger partial charge in [0.2, 0.25) is 11.8 Å². The Morgan fingerprint density at radius 3 is 2.00 bits per heavy atom. The molecular formula is C28H52BN3O6. The lowest BCUT2D eigenvalue weighted by molar-refractivity contribution is -0.141. The molecule has 0 radical (unpaired) electrons. The Morgan fingerprint density at radius 2 is 1.55 bits per heavy atom. The molecule has 2 rings (SSSR count). The van der Waals surface area contributed by atoms with Gasteiger partial charge in [0, 0.05) is 24.5 Å². The molecule has 218 valence electrons. The van der Waals surface area contributed by atoms with Crippen LogP contribution >= 0.6 is 0 Å². The molecule has 2 unspecified atom stereocenters. The van der Waals surface area contributed by atoms with Gasteiger partial charge in [-0.3, -0.25) is 9.59 Å². The number of rotatable bonds is 8. The van der Waals surface area contributed by atoms with Gasteiger partial charge in [0.1, 0.15) is 6.10 Å². The van der Waals surface area contributed by atoms with E-state index in [2.05, 4.69) is 10.6 Å². The van der Waals surface area contributed by atoms with E-state index in [1.54, 1.807) is 4.90 Å². The van der Waals surface area contributed by atoms with E-state index in [9.17, 15) is 14.4 Å². The third-order valence-electron chi connectivity index (χ3n) is 8.06. The molecule has 3 amide bonds. The maximum atomic E-state index is 14.0. The number of hydrogen-bond acceptors (Lipinski definition) is 6. The third kappa shape index (κ3) is 7.23. The SMILES string of the molecule is CCN(C(=O)OC1CCC(CCCB2OC(C)(C)C(C)(C)O2)[C@@]1(NC(C)=O)C(=O)NC(C)(C)C)C(C)(C)C. The third-order valence-corrected chi connectivity index (χ3v) is 8.06. The van der Waals surface area contributed by atoms with Gasteiger partial charge < -0.3 is 29.6 Å². The predicted molar refractivity (Wildman–Crippen MR) is 150 cm³/mol. The molecule has 0 aromatic heterocycles. The van der Waals surface area contributed by atoms with Gasteiger partial charge in [-0.25, -0.2) is 4.79 Å². The molecule has 0 aromatic rings. The summed E-state index contributed by atoms with van der Waals surface area (Å²) >= 11 is 0. The highest BCUT2D eigenvalue weighted by Gasteiger charge is 2.59. The molecule has 1 aliphatic carbocycles. The van der Waals surface area contributed by atoms with E-state index in [4.69, 9.17) is 14.0 Å². The maximum Gasteiger partial charge on any atom is 0.457 e. The van der Waals surface area contributed by atoms with Crippen molar-refractivity contribution in [2.75, 3.05) is 6.54 Å². The summed E-state index contributed by atoms with van der Waals surface area (Å²) in [4.78, 5) is 41.5. The van der Waals surface area contributed by atoms with Crippen LogP contribution in [0.5, 0.6) is 0 Å². The maximum absolute atomic E-state index is 14.0. The summed E-state index contributed by atoms with van der Waals surface area (Å²) in [6.45, 7) is 23.4. The van der Waals surface area contributed by atoms with E-state index in [0.29, 0.717) is 32.1 Å². The largest absolute Gasteiger partial charge is 0.457 e. The zero-order valence-corrected chi connectivity index (χ0v) is 25.9. The second kappa shape index (κ2) is 11.4. The average Bonchev–Trinajstić information content (AvgIpc) is 3.13. The van der Waals surface area contributed by atoms with Crippen molar-refractivity contribution >= 4 is 25.0 Å². The first kappa shape index (κ1) is 32.4. The van der Waals surface area contributed by atoms with Crippen LogP contribution < -0.4 is 10.6 Å². The molecule has 0 bridgehead atoms. The van der Waals surface area contributed by atoms with E-state index in [1.165, 1.54) is 6.92 Å². The minimum atomic E-state index is -1.37. The first-order valence-electron chi connectivity index (χ1n) is 14.1. The Morgan fingerprint density at radius 1 is 1.00 bits per heavy atom. The van der Waals surface area contributed by atoms with Gasteiger partial charge in [0.15, 0.2) is 5.54 Å². The molecule has 1 saturated carbocycles. The molecule has 9 nitrogen and oxygen atoms in total. The second-order valence-corrected chi connectivity index (χ2v) is 13.9. The van der Waals surface area contributed by atoms with E-state index in [0.717, 1.165) is 6.42 Å². The van der Waals surface area contributed by atoms with Crippen LogP contribution in [0.4, 0.5) is 4.79 Å². The molecule has 2 N–H and O–H groups in total. The standard InChI is InChI=1S/C28H52BN3O6/c1-13-32(25(6,7)8)23(35)36-21-17-16-20(15-14-18-29-37-26(9,10)27(11,12)38-29)28(21,30-19(2)33)22(34)31-24(3,4)5/h20-21H,13-18H2,1-12H3,(H,30,33)(H,31,34)/t20?,21?,28-/m0/s1. The summed E-state index contributed by atoms with van der Waals surface area (Å²) in [6.07, 6.45) is 1.88. The van der Waals surface area contributed by atoms with Crippen LogP contribution in [0.15, 0.2) is 0 Å². The first-order chi connectivity index (χ1) is 17.2. The highest BCUT2D eigenvalue weighted by Crippen LogP contribution is 2.43. The molecule has 3 atom stereocenters. The van der Waals surface area contributed by atoms with E-state index >= 15 is 0 Å². The molecule has 2 aliphatic rings. The molecule has 1 heterocycles. The van der Waals surface area contributed by atoms with Gasteiger partial charge >= 0.3 is 13.2 Å². The number of ether oxygens (including phenoxy) is 1. The van der Waals surface area contributed by atoms with Crippen LogP contribution in [-0.2, 0) is 23.6 Å². The zero-order valence-electron chi connectivity index (χ0n) is 25.9. The lowest BCUT2D eigenvalue weighted by atomic mass is 9.76. The lowest BCUT2D eigenvalue weighted by Crippen LogP contribution is -2.69. The van der Waals surface area contributed by atoms with Crippen molar-refractivity contribution in [3.63, 3.8) is 0 Å². The predicted octanol–water partition coefficient (Wildman–Crippen LogP) is 4.68. The summed E-state index contributed by atoms with van der Waals surface area (Å²) in [5, 5.41) is 6.03. The average molecular weight is 538 g/mol. The van der Waals surface area contributed by atoms with Gasteiger partial charge in [-0.2, -0.15) is 0 Å². The van der Waals surface area contributed by atoms with Crippen LogP contribution in [0.3, 0.4) is 0 Å². The fourth-order valence-electron chi connectivity index (χ4n) is 5.58. The van der Waals surface area contributed by atoms with Crippen molar-refractivity contribution in [1.29, 1.82) is 0 Å². The Labute approximate surface area is 230 Å². The molecule has 1 saturated heterocycles. The van der Waals surface area contributed by atoms with Crippen molar-refractivity contribution in [3.8, 4) is 0 Å². The van der Waals surface area contributed by atoms with Gasteiger partial charge in [0.25, 0.3) is 0 Å². The van der Waals surface area contributed by atoms with Crippen LogP contribution in [-0.4, -0.2) is 70.4 Å². The van der Waals surface area contributed by atoms with Crippen molar-refractivity contribution in [1.82, 2.24) is 15.5 Å². The van der Waals surface area contributed by atoms with E-state index in [-0.39, 0.29) is 24.9 Å². The minimum Gasteiger partial charge on any atom is -0.443 e. The van der Waals surface area contributed by atoms with Crippen LogP contribution in [0.1, 0.15) is 109 Å². The van der Waals surface area contributed by atoms with Gasteiger partial charge in [-0.1, -0.05) is 6.42 Å². The molecule has 2 fully saturated rings. The van der Waals surface area contributed by atoms with Crippen LogP contribution in [0.25, 0.3) is 0 Å². The molecule has 10 heteroatoms. The zero-order chi connectivity index (χ0) is 29.3. The number of carbonyl (C=O) groups excluding carboxylic acids is 3. The minimum absolute atomic E-state index is 0.223. The van der Waals surface area contributed by atoms with Gasteiger partial charge in [-0.15, -0.1) is 0 Å². The monoisotopic (exact) mass is 537 g/mol. The topological polar surface area (TPSA) is 106 Å². The van der Waals surface area contributed by atoms with Crippen LogP contribution in [0.2, 0.25) is 6.32 Å². The summed E-state index contributed by atoms with van der Waals surface area (Å²) in [5.74, 6) is -0.884. The quantitative estimate of drug-likeness (QED) is 0.436. The Hall–Kier alpha value is -1.81. The van der Waals surface area contributed by atoms with E-state index in [1.807, 2.05) is 76.2 Å². The number of amides is 3. The molecular weight excluding hydrogens is 485 g/mol. The lowest BCUT2D eigenvalue weighted by Gasteiger charge is -2.42. The smallest absolute Gasteiger partial charge is 0.443 e. The highest BCUT2D eigenvalue weighted by atomic mass is 16.7. The molecule has 0 aromatic carbocycles. The first-order valence-corrected chi connectivity index (χ1v) is 14.1. The van der Waals surface area contributed by atoms with Gasteiger partial charge in [0.05, 0.1) is 11.2 Å². The molecule has 1 aliphatic heterocycles. The van der Waals surface area contributed by atoms with Crippen molar-refractivity contribution < 1.29 is 28.4 Å². The highest BCUT2D eigenvalue weighted by molar-refractivity contribution is 6.45. The molecule has 0 spiro atoms. The Bertz CT molecular complexity index is 863. The summed E-state index contributed by atoms with van der Waals surface area (Å²) < 4.78 is 18.4. The second-order valence-electron chi connectivity index (χ2n) is 13.9. The van der Waals surface area contributed by atoms with Gasteiger partial charge in [-0.05, 0) is 108 Å². The fraction of sp³-hybridized carbons (Fsp3) is 0.893. The van der Waals surface area contributed by atoms with Crippen LogP contribution in [0, 0.1) is 5.92 Å². The van der Waals surface area contributed by atoms with Crippen molar-refractivity contribution in [2.24, 2.45) is 5.92 Å².